The number of Topliss-reactive ketones (excluding diaryl/α,β-unsaturated/α-hetero) is 2. The van der Waals surface area contributed by atoms with E-state index in [9.17, 15) is 9.59 Å². The number of ether oxygens (including phenoxy) is 4. The molecule has 2 aromatic carbocycles. The van der Waals surface area contributed by atoms with Crippen LogP contribution >= 0.6 is 0 Å². The molecule has 4 rings (SSSR count). The van der Waals surface area contributed by atoms with Gasteiger partial charge in [0.25, 0.3) is 0 Å². The number of rotatable bonds is 5. The molecule has 134 valence electrons. The van der Waals surface area contributed by atoms with Gasteiger partial charge in [0.1, 0.15) is 0 Å². The monoisotopic (exact) mass is 354 g/mol. The van der Waals surface area contributed by atoms with Crippen LogP contribution in [0.4, 0.5) is 0 Å². The van der Waals surface area contributed by atoms with E-state index in [2.05, 4.69) is 0 Å². The van der Waals surface area contributed by atoms with Crippen molar-refractivity contribution in [2.24, 2.45) is 11.8 Å². The summed E-state index contributed by atoms with van der Waals surface area (Å²) in [6.45, 7) is 3.84. The minimum Gasteiger partial charge on any atom is -0.454 e. The molecule has 0 saturated heterocycles. The van der Waals surface area contributed by atoms with Crippen molar-refractivity contribution < 1.29 is 28.5 Å². The molecule has 0 fully saturated rings. The van der Waals surface area contributed by atoms with Crippen LogP contribution in [0.1, 0.15) is 34.6 Å². The molecule has 6 nitrogen and oxygen atoms in total. The largest absolute Gasteiger partial charge is 0.454 e. The molecule has 2 aliphatic rings. The quantitative estimate of drug-likeness (QED) is 0.766. The number of carbonyl (C=O) groups excluding carboxylic acids is 2. The predicted octanol–water partition coefficient (Wildman–Crippen LogP) is 3.48. The molecule has 0 spiro atoms. The van der Waals surface area contributed by atoms with E-state index in [0.717, 1.165) is 0 Å². The van der Waals surface area contributed by atoms with E-state index in [1.165, 1.54) is 0 Å². The van der Waals surface area contributed by atoms with Gasteiger partial charge in [0.05, 0.1) is 0 Å². The number of fused-ring (bicyclic) bond motifs is 2. The van der Waals surface area contributed by atoms with E-state index < -0.39 is 11.8 Å². The third-order valence-corrected chi connectivity index (χ3v) is 4.89. The molecule has 0 saturated carbocycles. The molecular weight excluding hydrogens is 336 g/mol. The zero-order chi connectivity index (χ0) is 18.3. The van der Waals surface area contributed by atoms with Crippen molar-refractivity contribution in [1.29, 1.82) is 0 Å². The molecule has 2 aromatic rings. The number of hydrogen-bond donors (Lipinski definition) is 0. The average Bonchev–Trinajstić information content (AvgIpc) is 3.33. The molecule has 0 bridgehead atoms. The fourth-order valence-corrected chi connectivity index (χ4v) is 3.08. The second kappa shape index (κ2) is 6.37. The minimum atomic E-state index is -0.478. The highest BCUT2D eigenvalue weighted by Gasteiger charge is 2.29. The van der Waals surface area contributed by atoms with Gasteiger partial charge in [-0.3, -0.25) is 9.59 Å². The number of carbonyl (C=O) groups is 2. The summed E-state index contributed by atoms with van der Waals surface area (Å²) in [5.41, 5.74) is 1.01. The van der Waals surface area contributed by atoms with Gasteiger partial charge >= 0.3 is 0 Å². The van der Waals surface area contributed by atoms with Crippen molar-refractivity contribution in [3.63, 3.8) is 0 Å². The summed E-state index contributed by atoms with van der Waals surface area (Å²) in [7, 11) is 0. The van der Waals surface area contributed by atoms with Crippen LogP contribution in [0.2, 0.25) is 0 Å². The van der Waals surface area contributed by atoms with Gasteiger partial charge in [-0.15, -0.1) is 0 Å². The maximum absolute atomic E-state index is 12.8. The lowest BCUT2D eigenvalue weighted by atomic mass is 9.83. The van der Waals surface area contributed by atoms with Crippen LogP contribution < -0.4 is 18.9 Å². The summed E-state index contributed by atoms with van der Waals surface area (Å²) in [5.74, 6) is 1.18. The molecule has 0 radical (unpaired) electrons. The van der Waals surface area contributed by atoms with Crippen molar-refractivity contribution >= 4 is 11.6 Å². The fraction of sp³-hybridized carbons (Fsp3) is 0.300. The van der Waals surface area contributed by atoms with Crippen molar-refractivity contribution in [2.75, 3.05) is 13.6 Å². The molecule has 2 aliphatic heterocycles. The summed E-state index contributed by atoms with van der Waals surface area (Å²) < 4.78 is 21.2. The maximum Gasteiger partial charge on any atom is 0.231 e. The van der Waals surface area contributed by atoms with Gasteiger partial charge in [0, 0.05) is 23.0 Å². The first-order valence-electron chi connectivity index (χ1n) is 8.42. The van der Waals surface area contributed by atoms with Crippen molar-refractivity contribution in [3.05, 3.63) is 47.5 Å². The number of hydrogen-bond acceptors (Lipinski definition) is 6. The molecule has 26 heavy (non-hydrogen) atoms. The molecule has 0 unspecified atom stereocenters. The molecule has 6 heteroatoms. The molecule has 0 aliphatic carbocycles. The zero-order valence-corrected chi connectivity index (χ0v) is 14.5. The van der Waals surface area contributed by atoms with E-state index in [1.54, 1.807) is 50.2 Å². The maximum atomic E-state index is 12.8. The van der Waals surface area contributed by atoms with E-state index in [-0.39, 0.29) is 25.2 Å². The number of benzene rings is 2. The van der Waals surface area contributed by atoms with Crippen LogP contribution in [0.5, 0.6) is 23.0 Å². The lowest BCUT2D eigenvalue weighted by Gasteiger charge is -2.18. The summed E-state index contributed by atoms with van der Waals surface area (Å²) in [4.78, 5) is 25.6. The lowest BCUT2D eigenvalue weighted by molar-refractivity contribution is 0.0794. The first-order valence-corrected chi connectivity index (χ1v) is 8.42. The van der Waals surface area contributed by atoms with Crippen LogP contribution in [0, 0.1) is 11.8 Å². The molecule has 2 atom stereocenters. The summed E-state index contributed by atoms with van der Waals surface area (Å²) in [5, 5.41) is 0. The van der Waals surface area contributed by atoms with E-state index >= 15 is 0 Å². The second-order valence-electron chi connectivity index (χ2n) is 6.44. The highest BCUT2D eigenvalue weighted by molar-refractivity contribution is 6.05. The van der Waals surface area contributed by atoms with Crippen LogP contribution in [0.3, 0.4) is 0 Å². The van der Waals surface area contributed by atoms with Crippen LogP contribution in [-0.2, 0) is 0 Å². The van der Waals surface area contributed by atoms with Crippen LogP contribution in [0.15, 0.2) is 36.4 Å². The lowest BCUT2D eigenvalue weighted by Crippen LogP contribution is -2.26. The topological polar surface area (TPSA) is 71.1 Å². The van der Waals surface area contributed by atoms with Gasteiger partial charge in [0.2, 0.25) is 13.6 Å². The van der Waals surface area contributed by atoms with Gasteiger partial charge < -0.3 is 18.9 Å². The Morgan fingerprint density at radius 1 is 0.692 bits per heavy atom. The summed E-state index contributed by atoms with van der Waals surface area (Å²) in [6, 6.07) is 10.2. The van der Waals surface area contributed by atoms with Crippen molar-refractivity contribution in [3.8, 4) is 23.0 Å². The Labute approximate surface area is 150 Å². The molecule has 2 heterocycles. The Balaban J connectivity index is 1.52. The Kier molecular flexibility index (Phi) is 4.03. The van der Waals surface area contributed by atoms with Crippen molar-refractivity contribution in [1.82, 2.24) is 0 Å². The van der Waals surface area contributed by atoms with Gasteiger partial charge in [-0.05, 0) is 36.4 Å². The van der Waals surface area contributed by atoms with Gasteiger partial charge in [-0.2, -0.15) is 0 Å². The normalized spacial score (nSPS) is 16.2. The van der Waals surface area contributed by atoms with E-state index in [4.69, 9.17) is 18.9 Å². The van der Waals surface area contributed by atoms with Crippen LogP contribution in [-0.4, -0.2) is 25.2 Å². The fourth-order valence-electron chi connectivity index (χ4n) is 3.08. The van der Waals surface area contributed by atoms with Crippen molar-refractivity contribution in [2.45, 2.75) is 13.8 Å². The second-order valence-corrected chi connectivity index (χ2v) is 6.44. The first kappa shape index (κ1) is 16.4. The Morgan fingerprint density at radius 3 is 1.50 bits per heavy atom. The van der Waals surface area contributed by atoms with E-state index in [0.29, 0.717) is 34.1 Å². The third kappa shape index (κ3) is 2.77. The zero-order valence-electron chi connectivity index (χ0n) is 14.5. The van der Waals surface area contributed by atoms with E-state index in [1.807, 2.05) is 0 Å². The standard InChI is InChI=1S/C20H18O6/c1-11(19(21)13-3-5-15-17(7-13)25-9-23-15)12(2)20(22)14-4-6-16-18(8-14)26-10-24-16/h3-8,11-12H,9-10H2,1-2H3/t11-,12-/m1/s1. The molecule has 0 N–H and O–H groups in total. The molecular formula is C20H18O6. The Morgan fingerprint density at radius 2 is 1.08 bits per heavy atom. The average molecular weight is 354 g/mol. The highest BCUT2D eigenvalue weighted by atomic mass is 16.7. The Hall–Kier alpha value is -3.02. The molecule has 0 aromatic heterocycles. The van der Waals surface area contributed by atoms with Gasteiger partial charge in [-0.25, -0.2) is 0 Å². The first-order chi connectivity index (χ1) is 12.5. The number of ketones is 2. The predicted molar refractivity (Wildman–Crippen MR) is 92.1 cm³/mol. The van der Waals surface area contributed by atoms with Gasteiger partial charge in [0.15, 0.2) is 34.6 Å². The summed E-state index contributed by atoms with van der Waals surface area (Å²) >= 11 is 0. The summed E-state index contributed by atoms with van der Waals surface area (Å²) in [6.07, 6.45) is 0. The third-order valence-electron chi connectivity index (χ3n) is 4.89. The molecule has 0 amide bonds. The smallest absolute Gasteiger partial charge is 0.231 e. The Bertz CT molecular complexity index is 814. The highest BCUT2D eigenvalue weighted by Crippen LogP contribution is 2.35. The van der Waals surface area contributed by atoms with Crippen LogP contribution in [0.25, 0.3) is 0 Å². The minimum absolute atomic E-state index is 0.107. The SMILES string of the molecule is C[C@@H](C(=O)c1ccc2c(c1)OCO2)[C@@H](C)C(=O)c1ccc2c(c1)OCO2. The van der Waals surface area contributed by atoms with Gasteiger partial charge in [-0.1, -0.05) is 13.8 Å².